The number of rotatable bonds is 3. The third kappa shape index (κ3) is 4.83. The van der Waals surface area contributed by atoms with Gasteiger partial charge in [-0.15, -0.1) is 0 Å². The molecule has 0 bridgehead atoms. The molecule has 2 amide bonds. The van der Waals surface area contributed by atoms with E-state index in [9.17, 15) is 22.8 Å². The van der Waals surface area contributed by atoms with Crippen molar-refractivity contribution in [1.82, 2.24) is 20.1 Å². The smallest absolute Gasteiger partial charge is 0.345 e. The van der Waals surface area contributed by atoms with Gasteiger partial charge in [0.1, 0.15) is 12.7 Å². The monoisotopic (exact) mass is 381 g/mol. The number of nitrogens with one attached hydrogen (secondary N) is 2. The lowest BCUT2D eigenvalue weighted by atomic mass is 9.85. The van der Waals surface area contributed by atoms with Gasteiger partial charge in [-0.2, -0.15) is 18.3 Å². The number of carbonyl (C=O) groups is 2. The number of hydrogen-bond donors (Lipinski definition) is 2. The summed E-state index contributed by atoms with van der Waals surface area (Å²) in [4.78, 5) is 27.8. The molecular formula is C17H18F3N5O2. The van der Waals surface area contributed by atoms with E-state index in [1.807, 2.05) is 0 Å². The predicted octanol–water partition coefficient (Wildman–Crippen LogP) is 2.44. The van der Waals surface area contributed by atoms with Crippen LogP contribution in [0.1, 0.15) is 25.7 Å². The summed E-state index contributed by atoms with van der Waals surface area (Å²) >= 11 is 0. The van der Waals surface area contributed by atoms with E-state index in [-0.39, 0.29) is 12.8 Å². The van der Waals surface area contributed by atoms with Crippen molar-refractivity contribution in [3.63, 3.8) is 0 Å². The Morgan fingerprint density at radius 2 is 1.85 bits per heavy atom. The molecule has 1 aliphatic carbocycles. The molecule has 7 nitrogen and oxygen atoms in total. The van der Waals surface area contributed by atoms with Crippen molar-refractivity contribution in [3.8, 4) is 5.69 Å². The van der Waals surface area contributed by atoms with Crippen molar-refractivity contribution in [1.29, 1.82) is 0 Å². The van der Waals surface area contributed by atoms with E-state index in [0.717, 1.165) is 5.69 Å². The third-order valence-corrected chi connectivity index (χ3v) is 4.49. The highest BCUT2D eigenvalue weighted by Crippen LogP contribution is 2.37. The Bertz CT molecular complexity index is 790. The Labute approximate surface area is 153 Å². The van der Waals surface area contributed by atoms with Gasteiger partial charge in [0, 0.05) is 11.7 Å². The summed E-state index contributed by atoms with van der Waals surface area (Å²) in [5.41, 5.74) is 1.10. The number of hydrogen-bond acceptors (Lipinski definition) is 4. The van der Waals surface area contributed by atoms with Crippen LogP contribution in [-0.4, -0.2) is 38.8 Å². The van der Waals surface area contributed by atoms with Crippen LogP contribution in [0.25, 0.3) is 5.69 Å². The molecule has 3 rings (SSSR count). The average molecular weight is 381 g/mol. The van der Waals surface area contributed by atoms with Crippen LogP contribution >= 0.6 is 0 Å². The van der Waals surface area contributed by atoms with Gasteiger partial charge in [-0.3, -0.25) is 9.59 Å². The van der Waals surface area contributed by atoms with Crippen LogP contribution in [-0.2, 0) is 9.59 Å². The van der Waals surface area contributed by atoms with Crippen molar-refractivity contribution in [2.75, 3.05) is 5.32 Å². The summed E-state index contributed by atoms with van der Waals surface area (Å²) in [6, 6.07) is 5.87. The molecule has 0 radical (unpaired) electrons. The normalized spacial score (nSPS) is 20.1. The molecule has 1 saturated carbocycles. The van der Waals surface area contributed by atoms with Crippen molar-refractivity contribution >= 4 is 17.5 Å². The summed E-state index contributed by atoms with van der Waals surface area (Å²) in [5.74, 6) is -3.30. The van der Waals surface area contributed by atoms with E-state index in [1.54, 1.807) is 24.3 Å². The second-order valence-corrected chi connectivity index (χ2v) is 6.42. The average Bonchev–Trinajstić information content (AvgIpc) is 3.16. The van der Waals surface area contributed by atoms with E-state index in [1.165, 1.54) is 17.3 Å². The fourth-order valence-corrected chi connectivity index (χ4v) is 3.10. The lowest BCUT2D eigenvalue weighted by molar-refractivity contribution is -0.184. The van der Waals surface area contributed by atoms with Gasteiger partial charge in [-0.25, -0.2) is 9.67 Å². The molecule has 1 aromatic heterocycles. The zero-order valence-electron chi connectivity index (χ0n) is 14.2. The topological polar surface area (TPSA) is 88.9 Å². The van der Waals surface area contributed by atoms with Gasteiger partial charge >= 0.3 is 18.0 Å². The molecule has 1 aliphatic rings. The second-order valence-electron chi connectivity index (χ2n) is 6.42. The van der Waals surface area contributed by atoms with E-state index in [4.69, 9.17) is 0 Å². The molecule has 1 fully saturated rings. The molecule has 1 heterocycles. The van der Waals surface area contributed by atoms with E-state index < -0.39 is 30.0 Å². The minimum atomic E-state index is -4.28. The van der Waals surface area contributed by atoms with Gasteiger partial charge in [0.15, 0.2) is 0 Å². The summed E-state index contributed by atoms with van der Waals surface area (Å²) in [6.45, 7) is 0. The number of carbonyl (C=O) groups excluding carboxylic acids is 2. The van der Waals surface area contributed by atoms with Gasteiger partial charge in [0.2, 0.25) is 0 Å². The Morgan fingerprint density at radius 3 is 2.48 bits per heavy atom. The number of nitrogens with zero attached hydrogens (tertiary/aromatic N) is 3. The first kappa shape index (κ1) is 18.9. The first-order valence-electron chi connectivity index (χ1n) is 8.46. The molecule has 2 unspecified atom stereocenters. The standard InChI is InChI=1S/C17H18F3N5O2/c18-17(19,20)11-2-1-3-13(8-11)24-16(27)15(26)23-12-4-6-14(7-5-12)25-10-21-9-22-25/h4-7,9-11,13H,1-3,8H2,(H,23,26)(H,24,27). The summed E-state index contributed by atoms with van der Waals surface area (Å²) in [7, 11) is 0. The fraction of sp³-hybridized carbons (Fsp3) is 0.412. The van der Waals surface area contributed by atoms with Gasteiger partial charge in [-0.05, 0) is 43.5 Å². The van der Waals surface area contributed by atoms with Crippen LogP contribution in [0.2, 0.25) is 0 Å². The Hall–Kier alpha value is -2.91. The molecule has 0 aliphatic heterocycles. The van der Waals surface area contributed by atoms with E-state index in [0.29, 0.717) is 18.5 Å². The van der Waals surface area contributed by atoms with Crippen molar-refractivity contribution in [2.24, 2.45) is 5.92 Å². The van der Waals surface area contributed by atoms with Crippen LogP contribution in [0.3, 0.4) is 0 Å². The molecule has 0 spiro atoms. The lowest BCUT2D eigenvalue weighted by Crippen LogP contribution is -2.45. The van der Waals surface area contributed by atoms with Gasteiger partial charge in [0.05, 0.1) is 11.6 Å². The number of benzene rings is 1. The zero-order valence-corrected chi connectivity index (χ0v) is 14.2. The van der Waals surface area contributed by atoms with Crippen LogP contribution in [0.15, 0.2) is 36.9 Å². The van der Waals surface area contributed by atoms with Crippen molar-refractivity contribution in [2.45, 2.75) is 37.9 Å². The highest BCUT2D eigenvalue weighted by molar-refractivity contribution is 6.39. The largest absolute Gasteiger partial charge is 0.391 e. The van der Waals surface area contributed by atoms with Crippen molar-refractivity contribution in [3.05, 3.63) is 36.9 Å². The minimum Gasteiger partial charge on any atom is -0.345 e. The maximum atomic E-state index is 12.8. The third-order valence-electron chi connectivity index (χ3n) is 4.49. The van der Waals surface area contributed by atoms with Crippen LogP contribution in [0.4, 0.5) is 18.9 Å². The van der Waals surface area contributed by atoms with Gasteiger partial charge < -0.3 is 10.6 Å². The fourth-order valence-electron chi connectivity index (χ4n) is 3.10. The maximum absolute atomic E-state index is 12.8. The summed E-state index contributed by atoms with van der Waals surface area (Å²) < 4.78 is 40.0. The molecule has 2 N–H and O–H groups in total. The molecule has 10 heteroatoms. The van der Waals surface area contributed by atoms with Gasteiger partial charge in [-0.1, -0.05) is 6.42 Å². The SMILES string of the molecule is O=C(Nc1ccc(-n2cncn2)cc1)C(=O)NC1CCCC(C(F)(F)F)C1. The number of aromatic nitrogens is 3. The van der Waals surface area contributed by atoms with Crippen LogP contribution in [0.5, 0.6) is 0 Å². The summed E-state index contributed by atoms with van der Waals surface area (Å²) in [6.07, 6.45) is -0.737. The number of halogens is 3. The Kier molecular flexibility index (Phi) is 5.43. The number of amides is 2. The second kappa shape index (κ2) is 7.77. The van der Waals surface area contributed by atoms with Crippen LogP contribution in [0, 0.1) is 5.92 Å². The molecule has 2 atom stereocenters. The maximum Gasteiger partial charge on any atom is 0.391 e. The lowest BCUT2D eigenvalue weighted by Gasteiger charge is -2.30. The molecule has 27 heavy (non-hydrogen) atoms. The Morgan fingerprint density at radius 1 is 1.11 bits per heavy atom. The van der Waals surface area contributed by atoms with E-state index >= 15 is 0 Å². The van der Waals surface area contributed by atoms with Crippen LogP contribution < -0.4 is 10.6 Å². The predicted molar refractivity (Wildman–Crippen MR) is 89.9 cm³/mol. The highest BCUT2D eigenvalue weighted by atomic mass is 19.4. The molecule has 2 aromatic rings. The first-order valence-corrected chi connectivity index (χ1v) is 8.46. The van der Waals surface area contributed by atoms with E-state index in [2.05, 4.69) is 20.7 Å². The molecule has 1 aromatic carbocycles. The number of anilines is 1. The zero-order chi connectivity index (χ0) is 19.4. The highest BCUT2D eigenvalue weighted by Gasteiger charge is 2.42. The molecule has 144 valence electrons. The minimum absolute atomic E-state index is 0.0557. The Balaban J connectivity index is 1.54. The number of alkyl halides is 3. The first-order chi connectivity index (χ1) is 12.8. The quantitative estimate of drug-likeness (QED) is 0.800. The molecular weight excluding hydrogens is 363 g/mol. The summed E-state index contributed by atoms with van der Waals surface area (Å²) in [5, 5.41) is 8.80. The van der Waals surface area contributed by atoms with Crippen molar-refractivity contribution < 1.29 is 22.8 Å². The van der Waals surface area contributed by atoms with Gasteiger partial charge in [0.25, 0.3) is 0 Å². The molecule has 0 saturated heterocycles.